The van der Waals surface area contributed by atoms with E-state index in [0.29, 0.717) is 22.0 Å². The molecule has 33 heavy (non-hydrogen) atoms. The molecule has 1 aliphatic rings. The summed E-state index contributed by atoms with van der Waals surface area (Å²) in [4.78, 5) is 24.6. The van der Waals surface area contributed by atoms with Crippen LogP contribution in [0.1, 0.15) is 18.3 Å². The molecule has 6 rings (SSSR count). The topological polar surface area (TPSA) is 97.0 Å². The van der Waals surface area contributed by atoms with E-state index in [2.05, 4.69) is 25.1 Å². The van der Waals surface area contributed by atoms with Gasteiger partial charge in [0.25, 0.3) is 5.56 Å². The van der Waals surface area contributed by atoms with Crippen LogP contribution in [0.4, 0.5) is 5.82 Å². The number of halogens is 1. The number of rotatable bonds is 4. The van der Waals surface area contributed by atoms with Crippen LogP contribution in [0.15, 0.2) is 58.7 Å². The van der Waals surface area contributed by atoms with Crippen LogP contribution in [0.5, 0.6) is 0 Å². The smallest absolute Gasteiger partial charge is 0.284 e. The van der Waals surface area contributed by atoms with Gasteiger partial charge in [-0.05, 0) is 30.9 Å². The Morgan fingerprint density at radius 3 is 2.73 bits per heavy atom. The molecule has 0 saturated carbocycles. The molecule has 0 unspecified atom stereocenters. The molecule has 1 N–H and O–H groups in total. The molecule has 1 saturated heterocycles. The van der Waals surface area contributed by atoms with Gasteiger partial charge in [0.15, 0.2) is 11.5 Å². The first-order valence-electron chi connectivity index (χ1n) is 10.0. The minimum absolute atomic E-state index is 0. The molecule has 5 heterocycles. The van der Waals surface area contributed by atoms with Crippen molar-refractivity contribution in [1.29, 1.82) is 0 Å². The van der Waals surface area contributed by atoms with E-state index >= 15 is 0 Å². The molecule has 12 heteroatoms. The number of hydrogen-bond acceptors (Lipinski definition) is 7. The van der Waals surface area contributed by atoms with E-state index in [1.54, 1.807) is 21.3 Å². The summed E-state index contributed by atoms with van der Waals surface area (Å²) in [5.41, 5.74) is 1.58. The Hall–Kier alpha value is -3.02. The molecular formula is C21H19ClN8OS2. The van der Waals surface area contributed by atoms with Crippen LogP contribution in [0.3, 0.4) is 0 Å². The lowest BCUT2D eigenvalue weighted by molar-refractivity contribution is 0.424. The van der Waals surface area contributed by atoms with Crippen molar-refractivity contribution in [1.82, 2.24) is 34.3 Å². The second-order valence-electron chi connectivity index (χ2n) is 7.44. The first-order chi connectivity index (χ1) is 15.7. The van der Waals surface area contributed by atoms with E-state index in [4.69, 9.17) is 16.7 Å². The summed E-state index contributed by atoms with van der Waals surface area (Å²) >= 11 is 7.85. The van der Waals surface area contributed by atoms with E-state index in [9.17, 15) is 4.79 Å². The number of nitrogens with zero attached hydrogens (tertiary/aromatic N) is 7. The molecular weight excluding hydrogens is 480 g/mol. The van der Waals surface area contributed by atoms with Gasteiger partial charge >= 0.3 is 0 Å². The summed E-state index contributed by atoms with van der Waals surface area (Å²) in [6.07, 6.45) is 6.05. The van der Waals surface area contributed by atoms with E-state index in [1.807, 2.05) is 36.6 Å². The van der Waals surface area contributed by atoms with Gasteiger partial charge in [-0.15, -0.1) is 11.8 Å². The average Bonchev–Trinajstić information content (AvgIpc) is 3.38. The van der Waals surface area contributed by atoms with E-state index in [-0.39, 0.29) is 25.1 Å². The number of fused-ring (bicyclic) bond motifs is 2. The monoisotopic (exact) mass is 498 g/mol. The molecule has 4 aromatic heterocycles. The summed E-state index contributed by atoms with van der Waals surface area (Å²) in [6.45, 7) is 0.783. The maximum Gasteiger partial charge on any atom is 0.284 e. The fraction of sp³-hybridized carbons (Fsp3) is 0.190. The third-order valence-electron chi connectivity index (χ3n) is 5.76. The lowest BCUT2D eigenvalue weighted by Crippen LogP contribution is -2.45. The standard InChI is InChI=1S/C21H17ClN8OS.H2S/c1-32-20-15-17(25-26-20)23-11-24-19(15)28-9-8-14(28)18-27-29-10-7-13(22)16(29)21(31)30(18)12-5-3-2-4-6-12;/h2-7,10-11,14H,8-9H2,1H3,(H,23,24,25,26);1H2/t14-;/m0./s1. The number of thioether (sulfide) groups is 1. The second kappa shape index (κ2) is 8.40. The first-order valence-corrected chi connectivity index (χ1v) is 11.6. The second-order valence-corrected chi connectivity index (χ2v) is 8.64. The lowest BCUT2D eigenvalue weighted by atomic mass is 10.0. The molecule has 1 atom stereocenters. The molecule has 5 aromatic rings. The predicted octanol–water partition coefficient (Wildman–Crippen LogP) is 3.59. The number of para-hydroxylation sites is 1. The van der Waals surface area contributed by atoms with Gasteiger partial charge in [-0.3, -0.25) is 14.5 Å². The summed E-state index contributed by atoms with van der Waals surface area (Å²) in [6, 6.07) is 11.1. The van der Waals surface area contributed by atoms with Gasteiger partial charge in [0, 0.05) is 12.7 Å². The van der Waals surface area contributed by atoms with Crippen molar-refractivity contribution >= 4 is 59.2 Å². The molecule has 0 bridgehead atoms. The highest BCUT2D eigenvalue weighted by Gasteiger charge is 2.37. The molecule has 168 valence electrons. The van der Waals surface area contributed by atoms with Gasteiger partial charge < -0.3 is 4.90 Å². The zero-order valence-corrected chi connectivity index (χ0v) is 20.0. The Morgan fingerprint density at radius 2 is 2.00 bits per heavy atom. The lowest BCUT2D eigenvalue weighted by Gasteiger charge is -2.42. The summed E-state index contributed by atoms with van der Waals surface area (Å²) in [5.74, 6) is 1.41. The fourth-order valence-corrected chi connectivity index (χ4v) is 4.93. The van der Waals surface area contributed by atoms with Crippen molar-refractivity contribution in [2.45, 2.75) is 17.5 Å². The largest absolute Gasteiger partial charge is 0.345 e. The SMILES string of the molecule is CSc1n[nH]c2ncnc(N3CC[C@H]3c3nn4ccc(Cl)c4c(=O)n3-c3ccccc3)c12.S. The van der Waals surface area contributed by atoms with E-state index in [0.717, 1.165) is 34.9 Å². The molecule has 0 radical (unpaired) electrons. The summed E-state index contributed by atoms with van der Waals surface area (Å²) in [5, 5.41) is 14.2. The van der Waals surface area contributed by atoms with Crippen LogP contribution in [-0.2, 0) is 0 Å². The third kappa shape index (κ3) is 3.30. The van der Waals surface area contributed by atoms with Crippen molar-refractivity contribution in [3.05, 3.63) is 70.1 Å². The Balaban J connectivity index is 0.00000228. The number of benzene rings is 1. The van der Waals surface area contributed by atoms with Crippen molar-refractivity contribution in [3.63, 3.8) is 0 Å². The molecule has 1 aromatic carbocycles. The Kier molecular flexibility index (Phi) is 5.55. The molecule has 0 spiro atoms. The molecule has 0 aliphatic carbocycles. The molecule has 0 amide bonds. The highest BCUT2D eigenvalue weighted by Crippen LogP contribution is 2.40. The van der Waals surface area contributed by atoms with Crippen molar-refractivity contribution < 1.29 is 0 Å². The number of aromatic nitrogens is 7. The molecule has 1 aliphatic heterocycles. The van der Waals surface area contributed by atoms with E-state index < -0.39 is 0 Å². The number of nitrogens with one attached hydrogen (secondary N) is 1. The average molecular weight is 499 g/mol. The normalized spacial score (nSPS) is 15.6. The van der Waals surface area contributed by atoms with Crippen LogP contribution in [0.25, 0.3) is 22.2 Å². The quantitative estimate of drug-likeness (QED) is 0.378. The van der Waals surface area contributed by atoms with Crippen LogP contribution < -0.4 is 10.5 Å². The Morgan fingerprint density at radius 1 is 1.18 bits per heavy atom. The van der Waals surface area contributed by atoms with Crippen LogP contribution >= 0.6 is 36.9 Å². The van der Waals surface area contributed by atoms with Gasteiger partial charge in [-0.1, -0.05) is 29.8 Å². The van der Waals surface area contributed by atoms with Crippen LogP contribution in [-0.4, -0.2) is 47.1 Å². The van der Waals surface area contributed by atoms with Gasteiger partial charge in [0.05, 0.1) is 22.1 Å². The number of H-pyrrole nitrogens is 1. The van der Waals surface area contributed by atoms with Crippen LogP contribution in [0, 0.1) is 0 Å². The fourth-order valence-electron chi connectivity index (χ4n) is 4.18. The maximum absolute atomic E-state index is 13.5. The Bertz CT molecular complexity index is 1530. The highest BCUT2D eigenvalue weighted by atomic mass is 35.5. The zero-order valence-electron chi connectivity index (χ0n) is 17.4. The number of hydrogen-bond donors (Lipinski definition) is 1. The predicted molar refractivity (Wildman–Crippen MR) is 134 cm³/mol. The zero-order chi connectivity index (χ0) is 21.8. The first kappa shape index (κ1) is 21.8. The molecule has 1 fully saturated rings. The van der Waals surface area contributed by atoms with Gasteiger partial charge in [0.2, 0.25) is 0 Å². The maximum atomic E-state index is 13.5. The van der Waals surface area contributed by atoms with Crippen molar-refractivity contribution in [3.8, 4) is 5.69 Å². The number of anilines is 1. The van der Waals surface area contributed by atoms with Gasteiger partial charge in [-0.25, -0.2) is 14.5 Å². The summed E-state index contributed by atoms with van der Waals surface area (Å²) in [7, 11) is 0. The van der Waals surface area contributed by atoms with Gasteiger partial charge in [-0.2, -0.15) is 23.7 Å². The Labute approximate surface area is 204 Å². The van der Waals surface area contributed by atoms with Gasteiger partial charge in [0.1, 0.15) is 22.7 Å². The minimum atomic E-state index is -0.205. The van der Waals surface area contributed by atoms with Crippen molar-refractivity contribution in [2.75, 3.05) is 17.7 Å². The molecule has 9 nitrogen and oxygen atoms in total. The van der Waals surface area contributed by atoms with Crippen LogP contribution in [0.2, 0.25) is 5.02 Å². The highest BCUT2D eigenvalue weighted by molar-refractivity contribution is 7.98. The minimum Gasteiger partial charge on any atom is -0.345 e. The number of aromatic amines is 1. The third-order valence-corrected chi connectivity index (χ3v) is 6.75. The van der Waals surface area contributed by atoms with Crippen molar-refractivity contribution in [2.24, 2.45) is 0 Å². The summed E-state index contributed by atoms with van der Waals surface area (Å²) < 4.78 is 3.22. The van der Waals surface area contributed by atoms with E-state index in [1.165, 1.54) is 18.1 Å².